The van der Waals surface area contributed by atoms with Crippen LogP contribution in [0.2, 0.25) is 0 Å². The zero-order chi connectivity index (χ0) is 22.6. The van der Waals surface area contributed by atoms with Gasteiger partial charge in [-0.2, -0.15) is 13.2 Å². The van der Waals surface area contributed by atoms with Crippen molar-refractivity contribution in [2.75, 3.05) is 14.2 Å². The highest BCUT2D eigenvalue weighted by atomic mass is 32.2. The summed E-state index contributed by atoms with van der Waals surface area (Å²) in [6.07, 6.45) is -4.19. The van der Waals surface area contributed by atoms with Crippen LogP contribution < -0.4 is 4.74 Å². The molecule has 0 aliphatic heterocycles. The fourth-order valence-corrected chi connectivity index (χ4v) is 5.03. The van der Waals surface area contributed by atoms with Crippen LogP contribution in [0, 0.1) is 6.92 Å². The average molecular weight is 468 g/mol. The van der Waals surface area contributed by atoms with Crippen molar-refractivity contribution in [3.63, 3.8) is 0 Å². The van der Waals surface area contributed by atoms with Crippen molar-refractivity contribution in [3.05, 3.63) is 64.2 Å². The molecule has 0 atom stereocenters. The Bertz CT molecular complexity index is 1060. The van der Waals surface area contributed by atoms with Crippen molar-refractivity contribution in [1.29, 1.82) is 0 Å². The number of esters is 1. The van der Waals surface area contributed by atoms with Crippen LogP contribution >= 0.6 is 23.1 Å². The van der Waals surface area contributed by atoms with Gasteiger partial charge in [-0.15, -0.1) is 23.1 Å². The lowest BCUT2D eigenvalue weighted by molar-refractivity contribution is -0.140. The van der Waals surface area contributed by atoms with Gasteiger partial charge in [0.1, 0.15) is 10.8 Å². The first-order valence-electron chi connectivity index (χ1n) is 9.21. The van der Waals surface area contributed by atoms with E-state index in [0.717, 1.165) is 33.2 Å². The first-order valence-corrected chi connectivity index (χ1v) is 11.0. The van der Waals surface area contributed by atoms with Gasteiger partial charge in [-0.1, -0.05) is 18.2 Å². The predicted octanol–water partition coefficient (Wildman–Crippen LogP) is 6.15. The lowest BCUT2D eigenvalue weighted by Crippen LogP contribution is -2.04. The van der Waals surface area contributed by atoms with E-state index in [9.17, 15) is 18.0 Å². The minimum Gasteiger partial charge on any atom is -0.496 e. The van der Waals surface area contributed by atoms with Gasteiger partial charge >= 0.3 is 12.1 Å². The van der Waals surface area contributed by atoms with Gasteiger partial charge in [0.15, 0.2) is 0 Å². The summed E-state index contributed by atoms with van der Waals surface area (Å²) < 4.78 is 48.5. The monoisotopic (exact) mass is 467 g/mol. The Hall–Kier alpha value is -2.52. The fraction of sp³-hybridized carbons (Fsp3) is 0.273. The lowest BCUT2D eigenvalue weighted by atomic mass is 10.1. The van der Waals surface area contributed by atoms with Crippen molar-refractivity contribution >= 4 is 29.1 Å². The maximum absolute atomic E-state index is 12.8. The van der Waals surface area contributed by atoms with E-state index >= 15 is 0 Å². The first-order chi connectivity index (χ1) is 14.7. The van der Waals surface area contributed by atoms with Gasteiger partial charge in [0.25, 0.3) is 0 Å². The Balaban J connectivity index is 1.73. The third-order valence-corrected chi connectivity index (χ3v) is 6.99. The van der Waals surface area contributed by atoms with Crippen LogP contribution in [0.15, 0.2) is 47.4 Å². The number of hydrogen-bond donors (Lipinski definition) is 0. The summed E-state index contributed by atoms with van der Waals surface area (Å²) in [5.74, 6) is 0.978. The molecule has 31 heavy (non-hydrogen) atoms. The average Bonchev–Trinajstić information content (AvgIpc) is 3.12. The Morgan fingerprint density at radius 2 is 1.84 bits per heavy atom. The van der Waals surface area contributed by atoms with Gasteiger partial charge in [0.2, 0.25) is 0 Å². The summed E-state index contributed by atoms with van der Waals surface area (Å²) in [5.41, 5.74) is 1.62. The number of thioether (sulfide) groups is 1. The number of thiazole rings is 1. The standard InChI is InChI=1S/C22H20F3NO3S2/c1-13-19(31-21(26-13)15-5-7-16(8-6-15)22(23,24)25)12-30-18-9-4-14(10-17(18)28-2)11-20(27)29-3/h4-10H,11-12H2,1-3H3. The number of alkyl halides is 3. The van der Waals surface area contributed by atoms with E-state index in [4.69, 9.17) is 9.47 Å². The topological polar surface area (TPSA) is 48.4 Å². The predicted molar refractivity (Wildman–Crippen MR) is 116 cm³/mol. The molecule has 0 saturated heterocycles. The van der Waals surface area contributed by atoms with Gasteiger partial charge in [0.05, 0.1) is 31.9 Å². The normalized spacial score (nSPS) is 11.4. The van der Waals surface area contributed by atoms with Crippen LogP contribution in [0.4, 0.5) is 13.2 Å². The lowest BCUT2D eigenvalue weighted by Gasteiger charge is -2.10. The SMILES string of the molecule is COC(=O)Cc1ccc(SCc2sc(-c3ccc(C(F)(F)F)cc3)nc2C)c(OC)c1. The summed E-state index contributed by atoms with van der Waals surface area (Å²) in [6.45, 7) is 1.89. The smallest absolute Gasteiger partial charge is 0.416 e. The molecule has 9 heteroatoms. The number of nitrogens with zero attached hydrogens (tertiary/aromatic N) is 1. The van der Waals surface area contributed by atoms with Crippen LogP contribution in [0.25, 0.3) is 10.6 Å². The van der Waals surface area contributed by atoms with Crippen LogP contribution in [0.1, 0.15) is 21.7 Å². The van der Waals surface area contributed by atoms with E-state index in [1.54, 1.807) is 18.9 Å². The molecule has 0 radical (unpaired) electrons. The zero-order valence-corrected chi connectivity index (χ0v) is 18.7. The number of carbonyl (C=O) groups excluding carboxylic acids is 1. The summed E-state index contributed by atoms with van der Waals surface area (Å²) in [4.78, 5) is 17.9. The Kier molecular flexibility index (Phi) is 7.27. The van der Waals surface area contributed by atoms with Gasteiger partial charge in [-0.25, -0.2) is 4.98 Å². The van der Waals surface area contributed by atoms with E-state index in [1.807, 2.05) is 25.1 Å². The first kappa shape index (κ1) is 23.1. The molecule has 3 rings (SSSR count). The molecule has 1 aromatic heterocycles. The molecule has 0 saturated carbocycles. The summed E-state index contributed by atoms with van der Waals surface area (Å²) in [5, 5.41) is 0.683. The van der Waals surface area contributed by atoms with Gasteiger partial charge < -0.3 is 9.47 Å². The van der Waals surface area contributed by atoms with Crippen LogP contribution in [0.3, 0.4) is 0 Å². The zero-order valence-electron chi connectivity index (χ0n) is 17.1. The van der Waals surface area contributed by atoms with Crippen molar-refractivity contribution < 1.29 is 27.4 Å². The van der Waals surface area contributed by atoms with E-state index in [2.05, 4.69) is 4.98 Å². The molecule has 0 amide bonds. The van der Waals surface area contributed by atoms with E-state index < -0.39 is 11.7 Å². The van der Waals surface area contributed by atoms with E-state index in [-0.39, 0.29) is 12.4 Å². The van der Waals surface area contributed by atoms with Crippen molar-refractivity contribution in [1.82, 2.24) is 4.98 Å². The molecule has 0 bridgehead atoms. The van der Waals surface area contributed by atoms with Crippen LogP contribution in [0.5, 0.6) is 5.75 Å². The molecule has 164 valence electrons. The second kappa shape index (κ2) is 9.74. The molecule has 0 N–H and O–H groups in total. The number of benzene rings is 2. The Morgan fingerprint density at radius 1 is 1.13 bits per heavy atom. The van der Waals surface area contributed by atoms with Crippen molar-refractivity contribution in [2.45, 2.75) is 30.2 Å². The minimum absolute atomic E-state index is 0.169. The second-order valence-electron chi connectivity index (χ2n) is 6.63. The van der Waals surface area contributed by atoms with Crippen molar-refractivity contribution in [2.24, 2.45) is 0 Å². The third kappa shape index (κ3) is 5.80. The number of methoxy groups -OCH3 is 2. The quantitative estimate of drug-likeness (QED) is 0.308. The Labute approximate surface area is 186 Å². The van der Waals surface area contributed by atoms with Crippen LogP contribution in [-0.4, -0.2) is 25.2 Å². The molecule has 3 aromatic rings. The number of carbonyl (C=O) groups is 1. The van der Waals surface area contributed by atoms with E-state index in [1.165, 1.54) is 30.6 Å². The third-order valence-electron chi connectivity index (χ3n) is 4.51. The highest BCUT2D eigenvalue weighted by Gasteiger charge is 2.30. The number of aryl methyl sites for hydroxylation is 1. The van der Waals surface area contributed by atoms with Gasteiger partial charge in [-0.05, 0) is 36.8 Å². The number of hydrogen-bond acceptors (Lipinski definition) is 6. The number of aromatic nitrogens is 1. The molecule has 0 aliphatic carbocycles. The highest BCUT2D eigenvalue weighted by molar-refractivity contribution is 7.98. The summed E-state index contributed by atoms with van der Waals surface area (Å²) in [7, 11) is 2.92. The molecular formula is C22H20F3NO3S2. The minimum atomic E-state index is -4.36. The maximum atomic E-state index is 12.8. The van der Waals surface area contributed by atoms with Crippen LogP contribution in [-0.2, 0) is 27.9 Å². The molecule has 1 heterocycles. The van der Waals surface area contributed by atoms with Gasteiger partial charge in [-0.3, -0.25) is 4.79 Å². The Morgan fingerprint density at radius 3 is 2.45 bits per heavy atom. The molecule has 0 unspecified atom stereocenters. The number of halogens is 3. The molecular weight excluding hydrogens is 447 g/mol. The van der Waals surface area contributed by atoms with E-state index in [0.29, 0.717) is 22.1 Å². The molecule has 4 nitrogen and oxygen atoms in total. The largest absolute Gasteiger partial charge is 0.496 e. The summed E-state index contributed by atoms with van der Waals surface area (Å²) >= 11 is 3.03. The van der Waals surface area contributed by atoms with Gasteiger partial charge in [0, 0.05) is 21.1 Å². The summed E-state index contributed by atoms with van der Waals surface area (Å²) in [6, 6.07) is 10.6. The molecule has 2 aromatic carbocycles. The fourth-order valence-electron chi connectivity index (χ4n) is 2.81. The maximum Gasteiger partial charge on any atom is 0.416 e. The number of ether oxygens (including phenoxy) is 2. The second-order valence-corrected chi connectivity index (χ2v) is 8.73. The van der Waals surface area contributed by atoms with Crippen molar-refractivity contribution in [3.8, 4) is 16.3 Å². The molecule has 0 spiro atoms. The highest BCUT2D eigenvalue weighted by Crippen LogP contribution is 2.37. The number of rotatable bonds is 7. The molecule has 0 fully saturated rings. The molecule has 0 aliphatic rings.